The van der Waals surface area contributed by atoms with E-state index in [9.17, 15) is 9.59 Å². The minimum absolute atomic E-state index is 0.119. The molecule has 0 bridgehead atoms. The molecule has 1 aliphatic heterocycles. The number of ether oxygens (including phenoxy) is 4. The maximum atomic E-state index is 11.6. The van der Waals surface area contributed by atoms with Crippen LogP contribution in [0.4, 0.5) is 10.6 Å². The van der Waals surface area contributed by atoms with Crippen LogP contribution in [-0.4, -0.2) is 41.8 Å². The molecule has 9 heteroatoms. The van der Waals surface area contributed by atoms with Gasteiger partial charge in [0.15, 0.2) is 12.5 Å². The zero-order valence-electron chi connectivity index (χ0n) is 10.9. The van der Waals surface area contributed by atoms with Crippen molar-refractivity contribution in [2.75, 3.05) is 25.6 Å². The first-order valence-corrected chi connectivity index (χ1v) is 6.01. The summed E-state index contributed by atoms with van der Waals surface area (Å²) in [5, 5.41) is 0. The average Bonchev–Trinajstić information content (AvgIpc) is 2.85. The Kier molecular flexibility index (Phi) is 4.53. The van der Waals surface area contributed by atoms with Crippen LogP contribution in [-0.2, 0) is 18.9 Å². The molecule has 1 aromatic heterocycles. The number of hydrogen-bond donors (Lipinski definition) is 1. The van der Waals surface area contributed by atoms with Crippen LogP contribution in [0.15, 0.2) is 17.1 Å². The van der Waals surface area contributed by atoms with E-state index in [0.717, 1.165) is 0 Å². The fourth-order valence-electron chi connectivity index (χ4n) is 1.62. The van der Waals surface area contributed by atoms with Crippen LogP contribution in [0, 0.1) is 0 Å². The van der Waals surface area contributed by atoms with Crippen molar-refractivity contribution in [3.05, 3.63) is 22.7 Å². The molecule has 0 aliphatic carbocycles. The zero-order valence-corrected chi connectivity index (χ0v) is 10.9. The molecule has 1 fully saturated rings. The van der Waals surface area contributed by atoms with Gasteiger partial charge in [0, 0.05) is 6.20 Å². The second-order valence-corrected chi connectivity index (χ2v) is 3.89. The topological polar surface area (TPSA) is 115 Å². The van der Waals surface area contributed by atoms with E-state index in [1.807, 2.05) is 0 Å². The van der Waals surface area contributed by atoms with Gasteiger partial charge >= 0.3 is 11.8 Å². The molecule has 0 amide bonds. The Morgan fingerprint density at radius 3 is 3.10 bits per heavy atom. The molecule has 2 heterocycles. The first kappa shape index (κ1) is 14.3. The predicted molar refractivity (Wildman–Crippen MR) is 65.7 cm³/mol. The third-order valence-corrected chi connectivity index (χ3v) is 2.49. The number of anilines is 1. The number of carbonyl (C=O) groups is 1. The van der Waals surface area contributed by atoms with Crippen molar-refractivity contribution in [2.24, 2.45) is 0 Å². The van der Waals surface area contributed by atoms with Crippen molar-refractivity contribution in [3.63, 3.8) is 0 Å². The smallest absolute Gasteiger partial charge is 0.435 e. The fourth-order valence-corrected chi connectivity index (χ4v) is 1.62. The highest BCUT2D eigenvalue weighted by Crippen LogP contribution is 2.19. The van der Waals surface area contributed by atoms with Crippen molar-refractivity contribution in [3.8, 4) is 0 Å². The summed E-state index contributed by atoms with van der Waals surface area (Å²) in [4.78, 5) is 26.2. The van der Waals surface area contributed by atoms with Crippen LogP contribution in [0.5, 0.6) is 0 Å². The number of nitrogens with zero attached hydrogens (tertiary/aromatic N) is 2. The number of hydrogen-bond acceptors (Lipinski definition) is 8. The second-order valence-electron chi connectivity index (χ2n) is 3.89. The van der Waals surface area contributed by atoms with E-state index in [1.165, 1.54) is 16.8 Å². The van der Waals surface area contributed by atoms with Gasteiger partial charge in [0.25, 0.3) is 0 Å². The summed E-state index contributed by atoms with van der Waals surface area (Å²) < 4.78 is 21.3. The highest BCUT2D eigenvalue weighted by atomic mass is 16.8. The first-order chi connectivity index (χ1) is 9.60. The molecule has 9 nitrogen and oxygen atoms in total. The SMILES string of the molecule is CCOC(=O)OC[C@H]1OC[C@@H](n2ccc(N)nc2=O)O1. The predicted octanol–water partition coefficient (Wildman–Crippen LogP) is -0.130. The fraction of sp³-hybridized carbons (Fsp3) is 0.545. The molecule has 2 rings (SSSR count). The van der Waals surface area contributed by atoms with Gasteiger partial charge in [-0.05, 0) is 13.0 Å². The van der Waals surface area contributed by atoms with Gasteiger partial charge in [0.1, 0.15) is 12.4 Å². The lowest BCUT2D eigenvalue weighted by molar-refractivity contribution is -0.108. The highest BCUT2D eigenvalue weighted by molar-refractivity contribution is 5.59. The number of rotatable bonds is 4. The van der Waals surface area contributed by atoms with E-state index >= 15 is 0 Å². The second kappa shape index (κ2) is 6.35. The summed E-state index contributed by atoms with van der Waals surface area (Å²) in [6, 6.07) is 1.48. The Bertz CT molecular complexity index is 531. The number of nitrogen functional groups attached to an aromatic ring is 1. The molecule has 110 valence electrons. The van der Waals surface area contributed by atoms with Crippen molar-refractivity contribution < 1.29 is 23.7 Å². The molecule has 2 N–H and O–H groups in total. The Morgan fingerprint density at radius 1 is 1.60 bits per heavy atom. The van der Waals surface area contributed by atoms with Crippen LogP contribution >= 0.6 is 0 Å². The van der Waals surface area contributed by atoms with Crippen LogP contribution in [0.3, 0.4) is 0 Å². The van der Waals surface area contributed by atoms with Gasteiger partial charge in [0.2, 0.25) is 0 Å². The minimum Gasteiger partial charge on any atom is -0.435 e. The van der Waals surface area contributed by atoms with Crippen LogP contribution < -0.4 is 11.4 Å². The van der Waals surface area contributed by atoms with Crippen molar-refractivity contribution >= 4 is 12.0 Å². The summed E-state index contributed by atoms with van der Waals surface area (Å²) >= 11 is 0. The maximum absolute atomic E-state index is 11.6. The van der Waals surface area contributed by atoms with Gasteiger partial charge in [-0.3, -0.25) is 4.57 Å². The molecule has 0 unspecified atom stereocenters. The van der Waals surface area contributed by atoms with Gasteiger partial charge in [-0.25, -0.2) is 9.59 Å². The Balaban J connectivity index is 1.89. The molecule has 2 atom stereocenters. The largest absolute Gasteiger partial charge is 0.508 e. The lowest BCUT2D eigenvalue weighted by Gasteiger charge is -2.13. The van der Waals surface area contributed by atoms with E-state index < -0.39 is 24.4 Å². The molecular formula is C11H15N3O6. The molecule has 0 aromatic carbocycles. The van der Waals surface area contributed by atoms with E-state index in [4.69, 9.17) is 19.9 Å². The summed E-state index contributed by atoms with van der Waals surface area (Å²) in [6.07, 6.45) is -0.720. The van der Waals surface area contributed by atoms with Crippen LogP contribution in [0.1, 0.15) is 13.2 Å². The standard InChI is InChI=1S/C11H15N3O6/c1-2-17-11(16)19-6-9-18-5-8(20-9)14-4-3-7(12)13-10(14)15/h3-4,8-9H,2,5-6H2,1H3,(H2,12,13,15)/t8-,9-/m0/s1. The number of nitrogens with two attached hydrogens (primary N) is 1. The summed E-state index contributed by atoms with van der Waals surface area (Å²) in [6.45, 7) is 1.91. The van der Waals surface area contributed by atoms with E-state index in [-0.39, 0.29) is 25.6 Å². The maximum Gasteiger partial charge on any atom is 0.508 e. The molecule has 20 heavy (non-hydrogen) atoms. The highest BCUT2D eigenvalue weighted by Gasteiger charge is 2.29. The van der Waals surface area contributed by atoms with Gasteiger partial charge in [-0.15, -0.1) is 0 Å². The van der Waals surface area contributed by atoms with Gasteiger partial charge in [0.05, 0.1) is 13.2 Å². The number of aromatic nitrogens is 2. The van der Waals surface area contributed by atoms with Gasteiger partial charge < -0.3 is 24.7 Å². The van der Waals surface area contributed by atoms with Crippen molar-refractivity contribution in [1.29, 1.82) is 0 Å². The number of carbonyl (C=O) groups excluding carboxylic acids is 1. The lowest BCUT2D eigenvalue weighted by atomic mass is 10.5. The van der Waals surface area contributed by atoms with Crippen molar-refractivity contribution in [1.82, 2.24) is 9.55 Å². The summed E-state index contributed by atoms with van der Waals surface area (Å²) in [5.74, 6) is 0.132. The van der Waals surface area contributed by atoms with Gasteiger partial charge in [-0.2, -0.15) is 4.98 Å². The monoisotopic (exact) mass is 285 g/mol. The third kappa shape index (κ3) is 3.45. The first-order valence-electron chi connectivity index (χ1n) is 6.01. The average molecular weight is 285 g/mol. The van der Waals surface area contributed by atoms with E-state index in [1.54, 1.807) is 6.92 Å². The van der Waals surface area contributed by atoms with Crippen LogP contribution in [0.2, 0.25) is 0 Å². The minimum atomic E-state index is -0.797. The quantitative estimate of drug-likeness (QED) is 0.761. The van der Waals surface area contributed by atoms with E-state index in [0.29, 0.717) is 0 Å². The third-order valence-electron chi connectivity index (χ3n) is 2.49. The Hall–Kier alpha value is -2.13. The lowest BCUT2D eigenvalue weighted by Crippen LogP contribution is -2.29. The van der Waals surface area contributed by atoms with Gasteiger partial charge in [-0.1, -0.05) is 0 Å². The Morgan fingerprint density at radius 2 is 2.40 bits per heavy atom. The molecule has 1 saturated heterocycles. The normalized spacial score (nSPS) is 21.6. The molecular weight excluding hydrogens is 270 g/mol. The summed E-state index contributed by atoms with van der Waals surface area (Å²) in [7, 11) is 0. The molecule has 1 aromatic rings. The molecule has 0 saturated carbocycles. The van der Waals surface area contributed by atoms with Crippen molar-refractivity contribution in [2.45, 2.75) is 19.4 Å². The van der Waals surface area contributed by atoms with E-state index in [2.05, 4.69) is 9.72 Å². The molecule has 0 radical (unpaired) electrons. The zero-order chi connectivity index (χ0) is 14.5. The van der Waals surface area contributed by atoms with Crippen LogP contribution in [0.25, 0.3) is 0 Å². The summed E-state index contributed by atoms with van der Waals surface area (Å²) in [5.41, 5.74) is 4.86. The molecule has 1 aliphatic rings. The molecule has 0 spiro atoms. The Labute approximate surface area is 114 Å².